The third-order valence-corrected chi connectivity index (χ3v) is 2.57. The Kier molecular flexibility index (Phi) is 5.09. The molecule has 1 aromatic rings. The van der Waals surface area contributed by atoms with Crippen LogP contribution in [0.3, 0.4) is 0 Å². The first kappa shape index (κ1) is 12.5. The van der Waals surface area contributed by atoms with E-state index < -0.39 is 0 Å². The number of morpholine rings is 1. The second-order valence-electron chi connectivity index (χ2n) is 3.90. The average Bonchev–Trinajstić information content (AvgIpc) is 2.19. The highest BCUT2D eigenvalue weighted by molar-refractivity contribution is 5.85. The fraction of sp³-hybridized carbons (Fsp3) is 0.500. The Hall–Kier alpha value is -0.570. The molecule has 0 bridgehead atoms. The van der Waals surface area contributed by atoms with Crippen LogP contribution in [0, 0.1) is 0 Å². The molecular formula is C12H18ClNO. The summed E-state index contributed by atoms with van der Waals surface area (Å²) in [6.07, 6.45) is 0.382. The van der Waals surface area contributed by atoms with Crippen LogP contribution in [-0.4, -0.2) is 30.7 Å². The molecule has 0 saturated carbocycles. The summed E-state index contributed by atoms with van der Waals surface area (Å²) in [5.74, 6) is 0. The van der Waals surface area contributed by atoms with Crippen molar-refractivity contribution in [2.75, 3.05) is 19.7 Å². The molecule has 1 aliphatic heterocycles. The van der Waals surface area contributed by atoms with Gasteiger partial charge in [-0.1, -0.05) is 30.3 Å². The van der Waals surface area contributed by atoms with Crippen LogP contribution in [0.5, 0.6) is 0 Å². The van der Waals surface area contributed by atoms with E-state index in [4.69, 9.17) is 4.74 Å². The Bertz CT molecular complexity index is 278. The second-order valence-corrected chi connectivity index (χ2v) is 3.90. The monoisotopic (exact) mass is 227 g/mol. The van der Waals surface area contributed by atoms with Crippen LogP contribution >= 0.6 is 12.4 Å². The van der Waals surface area contributed by atoms with E-state index >= 15 is 0 Å². The molecule has 1 unspecified atom stereocenters. The fourth-order valence-electron chi connectivity index (χ4n) is 1.88. The minimum absolute atomic E-state index is 0. The third kappa shape index (κ3) is 3.82. The maximum Gasteiger partial charge on any atom is 0.0674 e. The van der Waals surface area contributed by atoms with Gasteiger partial charge in [0, 0.05) is 19.6 Å². The largest absolute Gasteiger partial charge is 0.376 e. The van der Waals surface area contributed by atoms with Crippen molar-refractivity contribution in [2.45, 2.75) is 19.6 Å². The molecule has 84 valence electrons. The lowest BCUT2D eigenvalue weighted by atomic mass is 10.2. The van der Waals surface area contributed by atoms with Crippen molar-refractivity contribution in [1.29, 1.82) is 0 Å². The molecule has 1 aromatic carbocycles. The summed E-state index contributed by atoms with van der Waals surface area (Å²) in [5.41, 5.74) is 1.39. The SMILES string of the molecule is CC1CN(Cc2ccccc2)CCO1.Cl. The van der Waals surface area contributed by atoms with E-state index in [-0.39, 0.29) is 12.4 Å². The first-order valence-electron chi connectivity index (χ1n) is 5.22. The highest BCUT2D eigenvalue weighted by atomic mass is 35.5. The maximum atomic E-state index is 5.50. The van der Waals surface area contributed by atoms with Gasteiger partial charge in [-0.3, -0.25) is 4.90 Å². The molecule has 0 radical (unpaired) electrons. The zero-order chi connectivity index (χ0) is 9.80. The van der Waals surface area contributed by atoms with Crippen molar-refractivity contribution in [3.8, 4) is 0 Å². The smallest absolute Gasteiger partial charge is 0.0674 e. The van der Waals surface area contributed by atoms with Crippen LogP contribution in [0.4, 0.5) is 0 Å². The predicted molar refractivity (Wildman–Crippen MR) is 64.4 cm³/mol. The lowest BCUT2D eigenvalue weighted by Crippen LogP contribution is -2.40. The minimum atomic E-state index is 0. The number of hydrogen-bond donors (Lipinski definition) is 0. The normalized spacial score (nSPS) is 22.1. The highest BCUT2D eigenvalue weighted by Gasteiger charge is 2.16. The molecule has 3 heteroatoms. The van der Waals surface area contributed by atoms with E-state index in [9.17, 15) is 0 Å². The molecule has 0 amide bonds. The van der Waals surface area contributed by atoms with Crippen LogP contribution in [0.1, 0.15) is 12.5 Å². The minimum Gasteiger partial charge on any atom is -0.376 e. The molecule has 1 saturated heterocycles. The molecule has 2 nitrogen and oxygen atoms in total. The van der Waals surface area contributed by atoms with Gasteiger partial charge in [-0.25, -0.2) is 0 Å². The van der Waals surface area contributed by atoms with Gasteiger partial charge in [0.05, 0.1) is 12.7 Å². The molecule has 1 atom stereocenters. The summed E-state index contributed by atoms with van der Waals surface area (Å²) in [7, 11) is 0. The van der Waals surface area contributed by atoms with Gasteiger partial charge in [-0.15, -0.1) is 12.4 Å². The molecule has 0 N–H and O–H groups in total. The Morgan fingerprint density at radius 1 is 1.33 bits per heavy atom. The van der Waals surface area contributed by atoms with Crippen LogP contribution < -0.4 is 0 Å². The standard InChI is InChI=1S/C12H17NO.ClH/c1-11-9-13(7-8-14-11)10-12-5-3-2-4-6-12;/h2-6,11H,7-10H2,1H3;1H. The fourth-order valence-corrected chi connectivity index (χ4v) is 1.88. The van der Waals surface area contributed by atoms with Gasteiger partial charge < -0.3 is 4.74 Å². The van der Waals surface area contributed by atoms with E-state index in [2.05, 4.69) is 42.2 Å². The topological polar surface area (TPSA) is 12.5 Å². The molecule has 0 aliphatic carbocycles. The lowest BCUT2D eigenvalue weighted by molar-refractivity contribution is -0.0212. The molecule has 1 heterocycles. The molecule has 1 fully saturated rings. The van der Waals surface area contributed by atoms with Crippen LogP contribution in [0.15, 0.2) is 30.3 Å². The van der Waals surface area contributed by atoms with Crippen LogP contribution in [-0.2, 0) is 11.3 Å². The quantitative estimate of drug-likeness (QED) is 0.769. The van der Waals surface area contributed by atoms with Gasteiger partial charge >= 0.3 is 0 Å². The van der Waals surface area contributed by atoms with E-state index in [1.54, 1.807) is 0 Å². The Balaban J connectivity index is 0.00000112. The number of rotatable bonds is 2. The number of hydrogen-bond acceptors (Lipinski definition) is 2. The highest BCUT2D eigenvalue weighted by Crippen LogP contribution is 2.09. The van der Waals surface area contributed by atoms with Crippen molar-refractivity contribution in [3.05, 3.63) is 35.9 Å². The number of benzene rings is 1. The molecule has 0 aromatic heterocycles. The van der Waals surface area contributed by atoms with Crippen molar-refractivity contribution < 1.29 is 4.74 Å². The Labute approximate surface area is 97.6 Å². The second kappa shape index (κ2) is 6.11. The summed E-state index contributed by atoms with van der Waals surface area (Å²) in [6.45, 7) is 6.16. The van der Waals surface area contributed by atoms with Gasteiger partial charge in [-0.05, 0) is 12.5 Å². The Morgan fingerprint density at radius 2 is 2.07 bits per heavy atom. The summed E-state index contributed by atoms with van der Waals surface area (Å²) < 4.78 is 5.50. The number of halogens is 1. The number of ether oxygens (including phenoxy) is 1. The molecule has 1 aliphatic rings. The predicted octanol–water partition coefficient (Wildman–Crippen LogP) is 2.33. The first-order chi connectivity index (χ1) is 6.84. The maximum absolute atomic E-state index is 5.50. The van der Waals surface area contributed by atoms with E-state index in [1.807, 2.05) is 0 Å². The Morgan fingerprint density at radius 3 is 2.73 bits per heavy atom. The summed E-state index contributed by atoms with van der Waals surface area (Å²) in [5, 5.41) is 0. The van der Waals surface area contributed by atoms with E-state index in [0.717, 1.165) is 26.2 Å². The van der Waals surface area contributed by atoms with Crippen molar-refractivity contribution in [3.63, 3.8) is 0 Å². The first-order valence-corrected chi connectivity index (χ1v) is 5.22. The van der Waals surface area contributed by atoms with E-state index in [1.165, 1.54) is 5.56 Å². The van der Waals surface area contributed by atoms with Crippen molar-refractivity contribution in [2.24, 2.45) is 0 Å². The van der Waals surface area contributed by atoms with Crippen molar-refractivity contribution >= 4 is 12.4 Å². The third-order valence-electron chi connectivity index (χ3n) is 2.57. The zero-order valence-electron chi connectivity index (χ0n) is 9.06. The van der Waals surface area contributed by atoms with Gasteiger partial charge in [0.1, 0.15) is 0 Å². The lowest BCUT2D eigenvalue weighted by Gasteiger charge is -2.31. The summed E-state index contributed by atoms with van der Waals surface area (Å²) in [4.78, 5) is 2.45. The van der Waals surface area contributed by atoms with Gasteiger partial charge in [0.25, 0.3) is 0 Å². The average molecular weight is 228 g/mol. The molecule has 15 heavy (non-hydrogen) atoms. The van der Waals surface area contributed by atoms with Crippen molar-refractivity contribution in [1.82, 2.24) is 4.90 Å². The van der Waals surface area contributed by atoms with E-state index in [0.29, 0.717) is 6.10 Å². The van der Waals surface area contributed by atoms with Crippen LogP contribution in [0.2, 0.25) is 0 Å². The van der Waals surface area contributed by atoms with Gasteiger partial charge in [-0.2, -0.15) is 0 Å². The van der Waals surface area contributed by atoms with Gasteiger partial charge in [0.2, 0.25) is 0 Å². The summed E-state index contributed by atoms with van der Waals surface area (Å²) >= 11 is 0. The molecular weight excluding hydrogens is 210 g/mol. The zero-order valence-corrected chi connectivity index (χ0v) is 9.87. The van der Waals surface area contributed by atoms with Gasteiger partial charge in [0.15, 0.2) is 0 Å². The number of nitrogens with zero attached hydrogens (tertiary/aromatic N) is 1. The summed E-state index contributed by atoms with van der Waals surface area (Å²) in [6, 6.07) is 10.6. The molecule has 0 spiro atoms. The molecule has 2 rings (SSSR count). The van der Waals surface area contributed by atoms with Crippen LogP contribution in [0.25, 0.3) is 0 Å².